The summed E-state index contributed by atoms with van der Waals surface area (Å²) in [6.07, 6.45) is -1.65. The molecule has 0 spiro atoms. The smallest absolute Gasteiger partial charge is 0.311 e. The molecule has 2 aromatic heterocycles. The number of hydrogen-bond acceptors (Lipinski definition) is 5. The summed E-state index contributed by atoms with van der Waals surface area (Å²) in [5, 5.41) is 10.8. The molecule has 2 unspecified atom stereocenters. The first kappa shape index (κ1) is 22.3. The van der Waals surface area contributed by atoms with E-state index in [1.165, 1.54) is 21.8 Å². The number of carbonyl (C=O) groups excluding carboxylic acids is 1. The third kappa shape index (κ3) is 5.48. The zero-order chi connectivity index (χ0) is 22.3. The standard InChI is InChI=1S/C21H28F3N5OS/c1-12-8-19(28(3)27-12)26-20(30)18-10-15(13(2)31-18)16-9-17(16)25-14-4-6-29(7-5-14)11-21(22,23)24/h8,10,14,16-17,25H,4-7,9,11H2,1-3H3,(H,26,30). The number of nitrogens with zero attached hydrogens (tertiary/aromatic N) is 3. The Bertz CT molecular complexity index is 945. The highest BCUT2D eigenvalue weighted by Crippen LogP contribution is 2.45. The fraction of sp³-hybridized carbons (Fsp3) is 0.619. The maximum Gasteiger partial charge on any atom is 0.401 e. The molecule has 2 aromatic rings. The largest absolute Gasteiger partial charge is 0.401 e. The molecule has 2 fully saturated rings. The van der Waals surface area contributed by atoms with E-state index in [1.54, 1.807) is 11.7 Å². The van der Waals surface area contributed by atoms with Crippen molar-refractivity contribution in [2.24, 2.45) is 7.05 Å². The van der Waals surface area contributed by atoms with Crippen molar-refractivity contribution >= 4 is 23.1 Å². The van der Waals surface area contributed by atoms with Crippen LogP contribution in [0.1, 0.15) is 51.0 Å². The second kappa shape index (κ2) is 8.55. The predicted molar refractivity (Wildman–Crippen MR) is 115 cm³/mol. The molecule has 10 heteroatoms. The molecular weight excluding hydrogens is 427 g/mol. The van der Waals surface area contributed by atoms with Crippen LogP contribution in [-0.4, -0.2) is 58.5 Å². The molecule has 3 heterocycles. The summed E-state index contributed by atoms with van der Waals surface area (Å²) in [4.78, 5) is 16.0. The highest BCUT2D eigenvalue weighted by molar-refractivity contribution is 7.14. The van der Waals surface area contributed by atoms with E-state index in [-0.39, 0.29) is 11.9 Å². The van der Waals surface area contributed by atoms with Crippen molar-refractivity contribution in [3.05, 3.63) is 33.1 Å². The maximum atomic E-state index is 12.7. The lowest BCUT2D eigenvalue weighted by molar-refractivity contribution is -0.148. The van der Waals surface area contributed by atoms with Gasteiger partial charge in [-0.25, -0.2) is 0 Å². The SMILES string of the molecule is Cc1cc(NC(=O)c2cc(C3CC3NC3CCN(CC(F)(F)F)CC3)c(C)s2)n(C)n1. The molecule has 1 saturated carbocycles. The maximum absolute atomic E-state index is 12.7. The molecule has 2 aliphatic rings. The minimum Gasteiger partial charge on any atom is -0.311 e. The first-order valence-electron chi connectivity index (χ1n) is 10.6. The van der Waals surface area contributed by atoms with Gasteiger partial charge >= 0.3 is 6.18 Å². The predicted octanol–water partition coefficient (Wildman–Crippen LogP) is 3.82. The zero-order valence-corrected chi connectivity index (χ0v) is 18.7. The summed E-state index contributed by atoms with van der Waals surface area (Å²) < 4.78 is 39.3. The van der Waals surface area contributed by atoms with Crippen molar-refractivity contribution in [2.45, 2.75) is 57.3 Å². The average molecular weight is 456 g/mol. The number of thiophene rings is 1. The monoisotopic (exact) mass is 455 g/mol. The van der Waals surface area contributed by atoms with E-state index in [2.05, 4.69) is 15.7 Å². The summed E-state index contributed by atoms with van der Waals surface area (Å²) in [6.45, 7) is 4.05. The summed E-state index contributed by atoms with van der Waals surface area (Å²) in [6, 6.07) is 4.41. The lowest BCUT2D eigenvalue weighted by Gasteiger charge is -2.33. The summed E-state index contributed by atoms with van der Waals surface area (Å²) in [5.74, 6) is 0.896. The normalized spacial score (nSPS) is 22.6. The minimum absolute atomic E-state index is 0.135. The van der Waals surface area contributed by atoms with E-state index < -0.39 is 12.7 Å². The van der Waals surface area contributed by atoms with E-state index >= 15 is 0 Å². The number of halogens is 3. The Hall–Kier alpha value is -1.91. The van der Waals surface area contributed by atoms with Crippen molar-refractivity contribution in [1.29, 1.82) is 0 Å². The van der Waals surface area contributed by atoms with Gasteiger partial charge in [-0.15, -0.1) is 11.3 Å². The number of likely N-dealkylation sites (tertiary alicyclic amines) is 1. The molecule has 1 aliphatic heterocycles. The highest BCUT2D eigenvalue weighted by Gasteiger charge is 2.42. The number of piperidine rings is 1. The van der Waals surface area contributed by atoms with Crippen LogP contribution in [0.25, 0.3) is 0 Å². The number of aromatic nitrogens is 2. The van der Waals surface area contributed by atoms with E-state index in [9.17, 15) is 18.0 Å². The van der Waals surface area contributed by atoms with E-state index in [0.717, 1.165) is 29.8 Å². The second-order valence-corrected chi connectivity index (χ2v) is 9.91. The van der Waals surface area contributed by atoms with Gasteiger partial charge in [0.2, 0.25) is 0 Å². The van der Waals surface area contributed by atoms with E-state index in [0.29, 0.717) is 35.7 Å². The molecule has 0 aromatic carbocycles. The van der Waals surface area contributed by atoms with Gasteiger partial charge in [0, 0.05) is 36.0 Å². The van der Waals surface area contributed by atoms with E-state index in [1.807, 2.05) is 26.0 Å². The Morgan fingerprint density at radius 3 is 2.58 bits per heavy atom. The molecule has 2 atom stereocenters. The quantitative estimate of drug-likeness (QED) is 0.695. The van der Waals surface area contributed by atoms with Crippen LogP contribution in [0, 0.1) is 13.8 Å². The van der Waals surface area contributed by atoms with Gasteiger partial charge in [0.1, 0.15) is 5.82 Å². The lowest BCUT2D eigenvalue weighted by atomic mass is 10.0. The van der Waals surface area contributed by atoms with Crippen LogP contribution < -0.4 is 10.6 Å². The van der Waals surface area contributed by atoms with Crippen molar-refractivity contribution in [2.75, 3.05) is 25.0 Å². The van der Waals surface area contributed by atoms with Gasteiger partial charge in [0.25, 0.3) is 5.91 Å². The van der Waals surface area contributed by atoms with Crippen molar-refractivity contribution in [1.82, 2.24) is 20.0 Å². The Morgan fingerprint density at radius 1 is 1.26 bits per heavy atom. The van der Waals surface area contributed by atoms with Crippen LogP contribution in [0.5, 0.6) is 0 Å². The van der Waals surface area contributed by atoms with Gasteiger partial charge in [-0.1, -0.05) is 0 Å². The molecule has 2 N–H and O–H groups in total. The Balaban J connectivity index is 1.29. The molecule has 1 amide bonds. The molecule has 0 bridgehead atoms. The van der Waals surface area contributed by atoms with Gasteiger partial charge in [0.15, 0.2) is 0 Å². The number of carbonyl (C=O) groups is 1. The van der Waals surface area contributed by atoms with Crippen molar-refractivity contribution in [3.8, 4) is 0 Å². The molecule has 6 nitrogen and oxygen atoms in total. The minimum atomic E-state index is -4.13. The highest BCUT2D eigenvalue weighted by atomic mass is 32.1. The van der Waals surface area contributed by atoms with Crippen LogP contribution in [0.3, 0.4) is 0 Å². The first-order chi connectivity index (χ1) is 14.6. The lowest BCUT2D eigenvalue weighted by Crippen LogP contribution is -2.46. The third-order valence-corrected chi connectivity index (χ3v) is 7.12. The number of aryl methyl sites for hydroxylation is 3. The molecule has 1 aliphatic carbocycles. The number of amides is 1. The van der Waals surface area contributed by atoms with Crippen LogP contribution in [-0.2, 0) is 7.05 Å². The summed E-state index contributed by atoms with van der Waals surface area (Å²) >= 11 is 1.49. The van der Waals surface area contributed by atoms with Crippen LogP contribution in [0.2, 0.25) is 0 Å². The van der Waals surface area contributed by atoms with Gasteiger partial charge in [0.05, 0.1) is 17.1 Å². The van der Waals surface area contributed by atoms with Crippen LogP contribution in [0.15, 0.2) is 12.1 Å². The second-order valence-electron chi connectivity index (χ2n) is 8.65. The van der Waals surface area contributed by atoms with Crippen molar-refractivity contribution in [3.63, 3.8) is 0 Å². The van der Waals surface area contributed by atoms with Crippen molar-refractivity contribution < 1.29 is 18.0 Å². The number of rotatable bonds is 6. The molecular formula is C21H28F3N5OS. The van der Waals surface area contributed by atoms with E-state index in [4.69, 9.17) is 0 Å². The molecule has 31 heavy (non-hydrogen) atoms. The van der Waals surface area contributed by atoms with Gasteiger partial charge in [-0.2, -0.15) is 18.3 Å². The van der Waals surface area contributed by atoms with Gasteiger partial charge in [-0.05, 0) is 57.8 Å². The number of anilines is 1. The Kier molecular flexibility index (Phi) is 6.15. The molecule has 1 saturated heterocycles. The van der Waals surface area contributed by atoms with Crippen LogP contribution in [0.4, 0.5) is 19.0 Å². The zero-order valence-electron chi connectivity index (χ0n) is 17.9. The average Bonchev–Trinajstić information content (AvgIpc) is 3.19. The number of alkyl halides is 3. The summed E-state index contributed by atoms with van der Waals surface area (Å²) in [5.41, 5.74) is 2.04. The Labute approximate surface area is 183 Å². The van der Waals surface area contributed by atoms with Crippen LogP contribution >= 0.6 is 11.3 Å². The summed E-state index contributed by atoms with van der Waals surface area (Å²) in [7, 11) is 1.79. The third-order valence-electron chi connectivity index (χ3n) is 6.05. The Morgan fingerprint density at radius 2 is 1.97 bits per heavy atom. The first-order valence-corrected chi connectivity index (χ1v) is 11.4. The fourth-order valence-electron chi connectivity index (χ4n) is 4.42. The topological polar surface area (TPSA) is 62.2 Å². The number of hydrogen-bond donors (Lipinski definition) is 2. The fourth-order valence-corrected chi connectivity index (χ4v) is 5.41. The molecule has 4 rings (SSSR count). The number of nitrogens with one attached hydrogen (secondary N) is 2. The molecule has 0 radical (unpaired) electrons. The van der Waals surface area contributed by atoms with Gasteiger partial charge in [-0.3, -0.25) is 14.4 Å². The van der Waals surface area contributed by atoms with Gasteiger partial charge < -0.3 is 10.6 Å². The molecule has 170 valence electrons.